The average Bonchev–Trinajstić information content (AvgIpc) is 3.47. The summed E-state index contributed by atoms with van der Waals surface area (Å²) >= 11 is 0. The first-order valence-corrected chi connectivity index (χ1v) is 20.3. The standard InChI is InChI=1S/C39H54N4O3Si/c1-28-24-33(19-22-36(28)45-6)31-15-12-30(13-16-31)26-43(34-11-9-10-29(25-34)14-23-37-40-27-42(5)41-37)38(44)32-17-20-35(21-18-32)46-47(7,8)39(2,3)4/h9-11,19,22,24-25,27,30-32,35H,12-13,15-18,20-21,26H2,1-8H3. The number of amides is 1. The Balaban J connectivity index is 1.30. The number of carbonyl (C=O) groups is 1. The highest BCUT2D eigenvalue weighted by atomic mass is 28.4. The highest BCUT2D eigenvalue weighted by Gasteiger charge is 2.41. The van der Waals surface area contributed by atoms with Crippen molar-refractivity contribution >= 4 is 19.9 Å². The van der Waals surface area contributed by atoms with Gasteiger partial charge in [-0.1, -0.05) is 44.9 Å². The molecule has 7 nitrogen and oxygen atoms in total. The van der Waals surface area contributed by atoms with Gasteiger partial charge in [-0.3, -0.25) is 9.48 Å². The third-order valence-corrected chi connectivity index (χ3v) is 15.3. The van der Waals surface area contributed by atoms with Crippen LogP contribution in [0.25, 0.3) is 0 Å². The van der Waals surface area contributed by atoms with Gasteiger partial charge in [0.1, 0.15) is 12.1 Å². The monoisotopic (exact) mass is 654 g/mol. The Morgan fingerprint density at radius 1 is 1.00 bits per heavy atom. The van der Waals surface area contributed by atoms with E-state index in [4.69, 9.17) is 9.16 Å². The van der Waals surface area contributed by atoms with Gasteiger partial charge in [-0.05, 0) is 130 Å². The second-order valence-corrected chi connectivity index (χ2v) is 20.0. The van der Waals surface area contributed by atoms with Gasteiger partial charge in [0.2, 0.25) is 11.7 Å². The molecule has 0 saturated heterocycles. The smallest absolute Gasteiger partial charge is 0.230 e. The zero-order valence-corrected chi connectivity index (χ0v) is 30.8. The molecule has 1 amide bonds. The van der Waals surface area contributed by atoms with E-state index in [1.165, 1.54) is 11.1 Å². The van der Waals surface area contributed by atoms with Crippen LogP contribution in [0.3, 0.4) is 0 Å². The van der Waals surface area contributed by atoms with Gasteiger partial charge in [-0.15, -0.1) is 5.10 Å². The Hall–Kier alpha value is -3.41. The number of methoxy groups -OCH3 is 1. The first-order valence-electron chi connectivity index (χ1n) is 17.4. The number of aromatic nitrogens is 3. The molecule has 8 heteroatoms. The van der Waals surface area contributed by atoms with Crippen molar-refractivity contribution in [1.29, 1.82) is 0 Å². The fourth-order valence-corrected chi connectivity index (χ4v) is 8.35. The number of rotatable bonds is 8. The summed E-state index contributed by atoms with van der Waals surface area (Å²) < 4.78 is 13.9. The number of aryl methyl sites for hydroxylation is 2. The summed E-state index contributed by atoms with van der Waals surface area (Å²) in [6.07, 6.45) is 10.0. The summed E-state index contributed by atoms with van der Waals surface area (Å²) in [5, 5.41) is 4.47. The van der Waals surface area contributed by atoms with Gasteiger partial charge in [0.25, 0.3) is 0 Å². The van der Waals surface area contributed by atoms with Gasteiger partial charge in [0, 0.05) is 36.9 Å². The molecule has 2 aromatic carbocycles. The predicted octanol–water partition coefficient (Wildman–Crippen LogP) is 8.42. The highest BCUT2D eigenvalue weighted by Crippen LogP contribution is 2.41. The zero-order valence-electron chi connectivity index (χ0n) is 29.8. The molecule has 252 valence electrons. The molecule has 3 aromatic rings. The first kappa shape index (κ1) is 34.9. The highest BCUT2D eigenvalue weighted by molar-refractivity contribution is 6.74. The normalized spacial score (nSPS) is 21.9. The van der Waals surface area contributed by atoms with Gasteiger partial charge >= 0.3 is 0 Å². The largest absolute Gasteiger partial charge is 0.496 e. The molecule has 1 aromatic heterocycles. The zero-order chi connectivity index (χ0) is 33.8. The average molecular weight is 655 g/mol. The van der Waals surface area contributed by atoms with E-state index in [0.29, 0.717) is 17.7 Å². The number of anilines is 1. The summed E-state index contributed by atoms with van der Waals surface area (Å²) in [5.74, 6) is 9.00. The quantitative estimate of drug-likeness (QED) is 0.180. The molecule has 2 saturated carbocycles. The topological polar surface area (TPSA) is 69.5 Å². The lowest BCUT2D eigenvalue weighted by atomic mass is 9.78. The van der Waals surface area contributed by atoms with Crippen molar-refractivity contribution in [2.24, 2.45) is 18.9 Å². The third kappa shape index (κ3) is 8.74. The lowest BCUT2D eigenvalue weighted by Gasteiger charge is -2.41. The molecular weight excluding hydrogens is 601 g/mol. The van der Waals surface area contributed by atoms with E-state index in [0.717, 1.165) is 74.9 Å². The molecule has 1 heterocycles. The lowest BCUT2D eigenvalue weighted by molar-refractivity contribution is -0.124. The van der Waals surface area contributed by atoms with Crippen molar-refractivity contribution in [2.45, 2.75) is 109 Å². The third-order valence-electron chi connectivity index (χ3n) is 10.8. The van der Waals surface area contributed by atoms with E-state index in [2.05, 4.69) is 97.9 Å². The van der Waals surface area contributed by atoms with E-state index < -0.39 is 8.32 Å². The van der Waals surface area contributed by atoms with Crippen molar-refractivity contribution in [1.82, 2.24) is 14.8 Å². The van der Waals surface area contributed by atoms with Crippen LogP contribution in [-0.2, 0) is 16.3 Å². The SMILES string of the molecule is COc1ccc(C2CCC(CN(C(=O)C3CCC(O[Si](C)(C)C(C)(C)C)CC3)c3cccc(C#Cc4ncn(C)n4)c3)CC2)cc1C. The number of hydrogen-bond acceptors (Lipinski definition) is 5. The van der Waals surface area contributed by atoms with E-state index in [1.807, 2.05) is 19.2 Å². The molecule has 0 atom stereocenters. The van der Waals surface area contributed by atoms with Crippen LogP contribution in [-0.4, -0.2) is 48.7 Å². The van der Waals surface area contributed by atoms with E-state index in [-0.39, 0.29) is 23.0 Å². The fourth-order valence-electron chi connectivity index (χ4n) is 6.93. The molecule has 47 heavy (non-hydrogen) atoms. The Bertz CT molecular complexity index is 1580. The number of ether oxygens (including phenoxy) is 1. The molecular formula is C39H54N4O3Si. The van der Waals surface area contributed by atoms with Crippen LogP contribution in [0.15, 0.2) is 48.8 Å². The Kier molecular flexibility index (Phi) is 11.0. The van der Waals surface area contributed by atoms with Crippen molar-refractivity contribution in [3.63, 3.8) is 0 Å². The van der Waals surface area contributed by atoms with Gasteiger partial charge in [0.15, 0.2) is 8.32 Å². The molecule has 0 radical (unpaired) electrons. The van der Waals surface area contributed by atoms with Crippen molar-refractivity contribution in [3.05, 3.63) is 71.3 Å². The molecule has 0 N–H and O–H groups in total. The maximum atomic E-state index is 14.4. The molecule has 0 unspecified atom stereocenters. The van der Waals surface area contributed by atoms with Crippen LogP contribution in [0.4, 0.5) is 5.69 Å². The number of benzene rings is 2. The van der Waals surface area contributed by atoms with Gasteiger partial charge < -0.3 is 14.1 Å². The molecule has 2 aliphatic rings. The lowest BCUT2D eigenvalue weighted by Crippen LogP contribution is -2.46. The molecule has 0 aliphatic heterocycles. The van der Waals surface area contributed by atoms with Crippen LogP contribution >= 0.6 is 0 Å². The number of hydrogen-bond donors (Lipinski definition) is 0. The van der Waals surface area contributed by atoms with Crippen LogP contribution in [0, 0.1) is 30.6 Å². The fraction of sp³-hybridized carbons (Fsp3) is 0.564. The van der Waals surface area contributed by atoms with E-state index >= 15 is 0 Å². The van der Waals surface area contributed by atoms with Crippen molar-refractivity contribution in [2.75, 3.05) is 18.6 Å². The van der Waals surface area contributed by atoms with E-state index in [9.17, 15) is 4.79 Å². The first-order chi connectivity index (χ1) is 22.3. The molecule has 0 bridgehead atoms. The summed E-state index contributed by atoms with van der Waals surface area (Å²) in [7, 11) is 1.72. The summed E-state index contributed by atoms with van der Waals surface area (Å²) in [6.45, 7) is 14.4. The molecule has 5 rings (SSSR count). The maximum absolute atomic E-state index is 14.4. The molecule has 0 spiro atoms. The van der Waals surface area contributed by atoms with Crippen LogP contribution in [0.1, 0.15) is 101 Å². The van der Waals surface area contributed by atoms with E-state index in [1.54, 1.807) is 18.1 Å². The minimum absolute atomic E-state index is 0.0142. The van der Waals surface area contributed by atoms with Crippen LogP contribution in [0.5, 0.6) is 5.75 Å². The number of nitrogens with zero attached hydrogens (tertiary/aromatic N) is 4. The van der Waals surface area contributed by atoms with Crippen LogP contribution in [0.2, 0.25) is 18.1 Å². The second kappa shape index (κ2) is 14.8. The summed E-state index contributed by atoms with van der Waals surface area (Å²) in [4.78, 5) is 20.8. The van der Waals surface area contributed by atoms with Gasteiger partial charge in [-0.25, -0.2) is 4.98 Å². The predicted molar refractivity (Wildman–Crippen MR) is 192 cm³/mol. The summed E-state index contributed by atoms with van der Waals surface area (Å²) in [6, 6.07) is 14.8. The number of carbonyl (C=O) groups excluding carboxylic acids is 1. The van der Waals surface area contributed by atoms with Gasteiger partial charge in [-0.2, -0.15) is 0 Å². The van der Waals surface area contributed by atoms with Gasteiger partial charge in [0.05, 0.1) is 7.11 Å². The Morgan fingerprint density at radius 2 is 1.72 bits per heavy atom. The minimum Gasteiger partial charge on any atom is -0.496 e. The van der Waals surface area contributed by atoms with Crippen LogP contribution < -0.4 is 9.64 Å². The van der Waals surface area contributed by atoms with Crippen molar-refractivity contribution < 1.29 is 14.0 Å². The summed E-state index contributed by atoms with van der Waals surface area (Å²) in [5.41, 5.74) is 4.39. The maximum Gasteiger partial charge on any atom is 0.230 e. The Labute approximate surface area is 283 Å². The molecule has 2 fully saturated rings. The van der Waals surface area contributed by atoms with Crippen molar-refractivity contribution in [3.8, 4) is 17.6 Å². The minimum atomic E-state index is -1.85. The molecule has 2 aliphatic carbocycles. The second-order valence-electron chi connectivity index (χ2n) is 15.3. The Morgan fingerprint density at radius 3 is 2.34 bits per heavy atom.